The quantitative estimate of drug-likeness (QED) is 0.879. The highest BCUT2D eigenvalue weighted by atomic mass is 16.4. The molecule has 0 fully saturated rings. The van der Waals surface area contributed by atoms with Crippen molar-refractivity contribution in [1.82, 2.24) is 4.90 Å². The van der Waals surface area contributed by atoms with Crippen LogP contribution in [0.5, 0.6) is 0 Å². The molecule has 1 aromatic carbocycles. The standard InChI is InChI=1S/C14H16N2O3/c1-10(2)16(9-5-8-15)13(17)11-6-3-4-7-12(11)14(18)19/h3-4,6-7,10H,5,9H2,1-2H3,(H,18,19). The third-order valence-electron chi connectivity index (χ3n) is 2.74. The lowest BCUT2D eigenvalue weighted by molar-refractivity contribution is 0.0660. The van der Waals surface area contributed by atoms with Gasteiger partial charge in [-0.3, -0.25) is 4.79 Å². The Morgan fingerprint density at radius 2 is 1.89 bits per heavy atom. The van der Waals surface area contributed by atoms with Crippen molar-refractivity contribution in [2.24, 2.45) is 0 Å². The molecule has 0 atom stereocenters. The summed E-state index contributed by atoms with van der Waals surface area (Å²) in [4.78, 5) is 25.0. The number of hydrogen-bond donors (Lipinski definition) is 1. The normalized spacial score (nSPS) is 10.0. The summed E-state index contributed by atoms with van der Waals surface area (Å²) in [5, 5.41) is 17.7. The molecule has 0 radical (unpaired) electrons. The Labute approximate surface area is 112 Å². The molecule has 0 saturated heterocycles. The van der Waals surface area contributed by atoms with Crippen molar-refractivity contribution >= 4 is 11.9 Å². The molecule has 0 aliphatic carbocycles. The first kappa shape index (κ1) is 14.7. The summed E-state index contributed by atoms with van der Waals surface area (Å²) in [5.74, 6) is -1.49. The number of carboxylic acids is 1. The van der Waals surface area contributed by atoms with Crippen LogP contribution < -0.4 is 0 Å². The summed E-state index contributed by atoms with van der Waals surface area (Å²) in [5.41, 5.74) is 0.136. The lowest BCUT2D eigenvalue weighted by atomic mass is 10.1. The SMILES string of the molecule is CC(C)N(CCC#N)C(=O)c1ccccc1C(=O)O. The van der Waals surface area contributed by atoms with Gasteiger partial charge in [0, 0.05) is 12.6 Å². The topological polar surface area (TPSA) is 81.4 Å². The monoisotopic (exact) mass is 260 g/mol. The molecule has 0 aliphatic heterocycles. The predicted octanol–water partition coefficient (Wildman–Crippen LogP) is 2.15. The van der Waals surface area contributed by atoms with Crippen molar-refractivity contribution in [3.8, 4) is 6.07 Å². The van der Waals surface area contributed by atoms with Crippen LogP contribution in [0.4, 0.5) is 0 Å². The summed E-state index contributed by atoms with van der Waals surface area (Å²) in [6, 6.07) is 7.99. The molecule has 0 spiro atoms. The molecule has 1 aromatic rings. The maximum Gasteiger partial charge on any atom is 0.336 e. The maximum absolute atomic E-state index is 12.4. The number of carboxylic acid groups (broad SMARTS) is 1. The van der Waals surface area contributed by atoms with E-state index in [4.69, 9.17) is 10.4 Å². The maximum atomic E-state index is 12.4. The second-order valence-corrected chi connectivity index (χ2v) is 4.35. The van der Waals surface area contributed by atoms with Crippen molar-refractivity contribution in [1.29, 1.82) is 5.26 Å². The van der Waals surface area contributed by atoms with E-state index in [9.17, 15) is 9.59 Å². The third-order valence-corrected chi connectivity index (χ3v) is 2.74. The summed E-state index contributed by atoms with van der Waals surface area (Å²) >= 11 is 0. The first-order chi connectivity index (χ1) is 8.99. The van der Waals surface area contributed by atoms with Gasteiger partial charge in [-0.15, -0.1) is 0 Å². The zero-order chi connectivity index (χ0) is 14.4. The van der Waals surface area contributed by atoms with Crippen LogP contribution in [0.1, 0.15) is 41.0 Å². The number of nitriles is 1. The first-order valence-corrected chi connectivity index (χ1v) is 5.99. The van der Waals surface area contributed by atoms with Gasteiger partial charge in [0.2, 0.25) is 0 Å². The zero-order valence-electron chi connectivity index (χ0n) is 11.0. The molecule has 0 heterocycles. The van der Waals surface area contributed by atoms with E-state index in [0.29, 0.717) is 6.54 Å². The van der Waals surface area contributed by atoms with Gasteiger partial charge in [-0.1, -0.05) is 12.1 Å². The second-order valence-electron chi connectivity index (χ2n) is 4.35. The van der Waals surface area contributed by atoms with Gasteiger partial charge in [0.25, 0.3) is 5.91 Å². The molecule has 100 valence electrons. The molecule has 0 aromatic heterocycles. The van der Waals surface area contributed by atoms with Gasteiger partial charge in [-0.25, -0.2) is 4.79 Å². The molecule has 0 unspecified atom stereocenters. The van der Waals surface area contributed by atoms with Gasteiger partial charge in [0.1, 0.15) is 0 Å². The molecule has 0 bridgehead atoms. The smallest absolute Gasteiger partial charge is 0.336 e. The third kappa shape index (κ3) is 3.55. The molecule has 5 nitrogen and oxygen atoms in total. The fourth-order valence-corrected chi connectivity index (χ4v) is 1.78. The predicted molar refractivity (Wildman–Crippen MR) is 69.8 cm³/mol. The Hall–Kier alpha value is -2.35. The van der Waals surface area contributed by atoms with E-state index in [-0.39, 0.29) is 29.5 Å². The molecule has 1 N–H and O–H groups in total. The molecule has 1 amide bonds. The number of benzene rings is 1. The van der Waals surface area contributed by atoms with Gasteiger partial charge in [-0.05, 0) is 26.0 Å². The van der Waals surface area contributed by atoms with E-state index in [2.05, 4.69) is 0 Å². The van der Waals surface area contributed by atoms with Gasteiger partial charge in [0.15, 0.2) is 0 Å². The minimum Gasteiger partial charge on any atom is -0.478 e. The highest BCUT2D eigenvalue weighted by Crippen LogP contribution is 2.14. The zero-order valence-corrected chi connectivity index (χ0v) is 11.0. The number of carbonyl (C=O) groups is 2. The van der Waals surface area contributed by atoms with Crippen LogP contribution in [0.15, 0.2) is 24.3 Å². The van der Waals surface area contributed by atoms with E-state index in [1.54, 1.807) is 12.1 Å². The molecule has 1 rings (SSSR count). The fraction of sp³-hybridized carbons (Fsp3) is 0.357. The van der Waals surface area contributed by atoms with Crippen LogP contribution in [0.3, 0.4) is 0 Å². The molecule has 0 aliphatic rings. The van der Waals surface area contributed by atoms with Crippen molar-refractivity contribution in [3.05, 3.63) is 35.4 Å². The first-order valence-electron chi connectivity index (χ1n) is 5.99. The number of hydrogen-bond acceptors (Lipinski definition) is 3. The van der Waals surface area contributed by atoms with Crippen molar-refractivity contribution < 1.29 is 14.7 Å². The number of amides is 1. The van der Waals surface area contributed by atoms with Crippen molar-refractivity contribution in [2.75, 3.05) is 6.54 Å². The highest BCUT2D eigenvalue weighted by molar-refractivity contribution is 6.04. The Morgan fingerprint density at radius 1 is 1.32 bits per heavy atom. The summed E-state index contributed by atoms with van der Waals surface area (Å²) in [6.45, 7) is 3.96. The molecular weight excluding hydrogens is 244 g/mol. The molecular formula is C14H16N2O3. The van der Waals surface area contributed by atoms with E-state index >= 15 is 0 Å². The van der Waals surface area contributed by atoms with Crippen molar-refractivity contribution in [2.45, 2.75) is 26.3 Å². The summed E-state index contributed by atoms with van der Waals surface area (Å²) < 4.78 is 0. The Kier molecular flexibility index (Phi) is 5.07. The second kappa shape index (κ2) is 6.55. The van der Waals surface area contributed by atoms with Crippen LogP contribution in [0.2, 0.25) is 0 Å². The number of aromatic carboxylic acids is 1. The van der Waals surface area contributed by atoms with Gasteiger partial charge in [-0.2, -0.15) is 5.26 Å². The van der Waals surface area contributed by atoms with Crippen LogP contribution in [-0.4, -0.2) is 34.5 Å². The highest BCUT2D eigenvalue weighted by Gasteiger charge is 2.22. The Bertz CT molecular complexity index is 518. The minimum atomic E-state index is -1.13. The average Bonchev–Trinajstić information content (AvgIpc) is 2.38. The largest absolute Gasteiger partial charge is 0.478 e. The van der Waals surface area contributed by atoms with Crippen LogP contribution in [0.25, 0.3) is 0 Å². The van der Waals surface area contributed by atoms with Crippen molar-refractivity contribution in [3.63, 3.8) is 0 Å². The van der Waals surface area contributed by atoms with E-state index < -0.39 is 5.97 Å². The van der Waals surface area contributed by atoms with Gasteiger partial charge >= 0.3 is 5.97 Å². The molecule has 19 heavy (non-hydrogen) atoms. The Morgan fingerprint density at radius 3 is 2.37 bits per heavy atom. The lowest BCUT2D eigenvalue weighted by Crippen LogP contribution is -2.38. The summed E-state index contributed by atoms with van der Waals surface area (Å²) in [7, 11) is 0. The van der Waals surface area contributed by atoms with Gasteiger partial charge < -0.3 is 10.0 Å². The molecule has 5 heteroatoms. The fourth-order valence-electron chi connectivity index (χ4n) is 1.78. The Balaban J connectivity index is 3.10. The number of rotatable bonds is 5. The average molecular weight is 260 g/mol. The minimum absolute atomic E-state index is 0.0184. The van der Waals surface area contributed by atoms with Crippen LogP contribution in [0, 0.1) is 11.3 Å². The number of carbonyl (C=O) groups excluding carboxylic acids is 1. The molecule has 0 saturated carbocycles. The number of nitrogens with zero attached hydrogens (tertiary/aromatic N) is 2. The van der Waals surface area contributed by atoms with E-state index in [1.807, 2.05) is 19.9 Å². The van der Waals surface area contributed by atoms with E-state index in [1.165, 1.54) is 17.0 Å². The van der Waals surface area contributed by atoms with Crippen LogP contribution >= 0.6 is 0 Å². The lowest BCUT2D eigenvalue weighted by Gasteiger charge is -2.26. The van der Waals surface area contributed by atoms with Crippen LogP contribution in [-0.2, 0) is 0 Å². The van der Waals surface area contributed by atoms with Gasteiger partial charge in [0.05, 0.1) is 23.6 Å². The summed E-state index contributed by atoms with van der Waals surface area (Å²) in [6.07, 6.45) is 0.221. The van der Waals surface area contributed by atoms with E-state index in [0.717, 1.165) is 0 Å².